The van der Waals surface area contributed by atoms with E-state index in [0.29, 0.717) is 48.7 Å². The molecular formula is C48H63N7O7. The summed E-state index contributed by atoms with van der Waals surface area (Å²) < 4.78 is 10.8. The first kappa shape index (κ1) is 47.0. The summed E-state index contributed by atoms with van der Waals surface area (Å²) in [6, 6.07) is 19.7. The number of ether oxygens (including phenoxy) is 2. The maximum absolute atomic E-state index is 14.0. The normalized spacial score (nSPS) is 15.9. The van der Waals surface area contributed by atoms with E-state index in [2.05, 4.69) is 36.4 Å². The van der Waals surface area contributed by atoms with Crippen molar-refractivity contribution in [1.82, 2.24) is 31.1 Å². The standard InChI is InChI=1S/C48H63N7O7/c1-29(2)50-44(58)36-15-10-30(3)38(27-36)33-16-11-31(12-17-33)26-39(52-43(57)35-18-13-32(14-19-35)28-49-46(60)62-48(7,8)9)45(59)51-37-22-20-34(21-23-37)42-53-40(54-55-42)24-25-41(56)61-47(4,5)6/h10-12,15-17,20-23,27,29,32,35,39H,13-14,18-19,24-26,28H2,1-9H3,(H,49,60)(H,50,58)(H,51,59)(H,52,57)(H,53,54,55)/t32-,35-,39-/m0/s1. The fourth-order valence-corrected chi connectivity index (χ4v) is 7.23. The van der Waals surface area contributed by atoms with Crippen LogP contribution in [0.4, 0.5) is 10.5 Å². The largest absolute Gasteiger partial charge is 0.460 e. The Morgan fingerprint density at radius 2 is 1.45 bits per heavy atom. The monoisotopic (exact) mass is 849 g/mol. The van der Waals surface area contributed by atoms with Crippen molar-refractivity contribution in [3.8, 4) is 22.5 Å². The number of aryl methyl sites for hydroxylation is 2. The lowest BCUT2D eigenvalue weighted by Gasteiger charge is -2.29. The van der Waals surface area contributed by atoms with Crippen LogP contribution in [0.15, 0.2) is 66.7 Å². The lowest BCUT2D eigenvalue weighted by Crippen LogP contribution is -2.48. The Kier molecular flexibility index (Phi) is 15.7. The van der Waals surface area contributed by atoms with Gasteiger partial charge in [0.2, 0.25) is 11.8 Å². The van der Waals surface area contributed by atoms with Gasteiger partial charge in [0.1, 0.15) is 17.2 Å². The Morgan fingerprint density at radius 1 is 0.806 bits per heavy atom. The molecule has 4 amide bonds. The molecule has 1 saturated carbocycles. The van der Waals surface area contributed by atoms with Crippen LogP contribution in [0.2, 0.25) is 0 Å². The average Bonchev–Trinajstić information content (AvgIpc) is 3.67. The van der Waals surface area contributed by atoms with Crippen molar-refractivity contribution in [3.05, 3.63) is 89.2 Å². The summed E-state index contributed by atoms with van der Waals surface area (Å²) in [5.74, 6) is -0.0551. The highest BCUT2D eigenvalue weighted by Crippen LogP contribution is 2.30. The van der Waals surface area contributed by atoms with E-state index in [1.54, 1.807) is 24.3 Å². The van der Waals surface area contributed by atoms with Crippen molar-refractivity contribution in [3.63, 3.8) is 0 Å². The first-order chi connectivity index (χ1) is 29.2. The van der Waals surface area contributed by atoms with Crippen LogP contribution < -0.4 is 21.3 Å². The van der Waals surface area contributed by atoms with E-state index in [1.165, 1.54) is 0 Å². The quantitative estimate of drug-likeness (QED) is 0.0741. The van der Waals surface area contributed by atoms with Gasteiger partial charge in [-0.2, -0.15) is 5.10 Å². The minimum absolute atomic E-state index is 0.0112. The zero-order valence-corrected chi connectivity index (χ0v) is 37.6. The maximum Gasteiger partial charge on any atom is 0.407 e. The Hall–Kier alpha value is -6.05. The lowest BCUT2D eigenvalue weighted by atomic mass is 9.81. The molecule has 5 N–H and O–H groups in total. The van der Waals surface area contributed by atoms with Crippen molar-refractivity contribution in [2.75, 3.05) is 11.9 Å². The number of carbonyl (C=O) groups excluding carboxylic acids is 5. The number of esters is 1. The molecule has 0 radical (unpaired) electrons. The van der Waals surface area contributed by atoms with E-state index in [1.807, 2.05) is 105 Å². The van der Waals surface area contributed by atoms with E-state index in [0.717, 1.165) is 40.7 Å². The van der Waals surface area contributed by atoms with Crippen LogP contribution in [0.5, 0.6) is 0 Å². The first-order valence-electron chi connectivity index (χ1n) is 21.5. The lowest BCUT2D eigenvalue weighted by molar-refractivity contribution is -0.154. The van der Waals surface area contributed by atoms with Crippen LogP contribution in [-0.4, -0.2) is 74.8 Å². The molecule has 14 nitrogen and oxygen atoms in total. The number of aromatic nitrogens is 3. The predicted octanol–water partition coefficient (Wildman–Crippen LogP) is 7.86. The van der Waals surface area contributed by atoms with Crippen LogP contribution in [0.1, 0.15) is 115 Å². The van der Waals surface area contributed by atoms with Gasteiger partial charge in [-0.3, -0.25) is 24.3 Å². The molecule has 0 unspecified atom stereocenters. The fourth-order valence-electron chi connectivity index (χ4n) is 7.23. The Labute approximate surface area is 365 Å². The van der Waals surface area contributed by atoms with Crippen molar-refractivity contribution in [2.45, 2.75) is 131 Å². The molecule has 332 valence electrons. The number of hydrogen-bond donors (Lipinski definition) is 5. The first-order valence-corrected chi connectivity index (χ1v) is 21.5. The molecule has 1 heterocycles. The Morgan fingerprint density at radius 3 is 2.08 bits per heavy atom. The number of alkyl carbamates (subject to hydrolysis) is 1. The molecule has 0 bridgehead atoms. The fraction of sp³-hybridized carbons (Fsp3) is 0.479. The number of nitrogens with one attached hydrogen (secondary N) is 5. The minimum Gasteiger partial charge on any atom is -0.460 e. The SMILES string of the molecule is Cc1ccc(C(=O)NC(C)C)cc1-c1ccc(C[C@H](NC(=O)[C@H]2CC[C@H](CNC(=O)OC(C)(C)C)CC2)C(=O)Nc2ccc(-c3nc(CCC(=O)OC(C)(C)C)n[nH]3)cc2)cc1. The zero-order chi connectivity index (χ0) is 45.2. The van der Waals surface area contributed by atoms with Crippen molar-refractivity contribution < 1.29 is 33.4 Å². The molecule has 3 aromatic carbocycles. The van der Waals surface area contributed by atoms with Gasteiger partial charge in [-0.15, -0.1) is 0 Å². The van der Waals surface area contributed by atoms with Gasteiger partial charge in [0.15, 0.2) is 11.6 Å². The summed E-state index contributed by atoms with van der Waals surface area (Å²) >= 11 is 0. The number of rotatable bonds is 15. The maximum atomic E-state index is 14.0. The number of carbonyl (C=O) groups is 5. The van der Waals surface area contributed by atoms with Gasteiger partial charge < -0.3 is 30.7 Å². The second-order valence-corrected chi connectivity index (χ2v) is 18.5. The number of benzene rings is 3. The van der Waals surface area contributed by atoms with Crippen molar-refractivity contribution in [2.24, 2.45) is 11.8 Å². The Bertz CT molecular complexity index is 2180. The molecule has 1 aliphatic rings. The highest BCUT2D eigenvalue weighted by atomic mass is 16.6. The highest BCUT2D eigenvalue weighted by molar-refractivity contribution is 5.98. The van der Waals surface area contributed by atoms with Crippen molar-refractivity contribution >= 4 is 35.5 Å². The third-order valence-corrected chi connectivity index (χ3v) is 10.3. The Balaban J connectivity index is 1.26. The average molecular weight is 850 g/mol. The van der Waals surface area contributed by atoms with Gasteiger partial charge >= 0.3 is 12.1 Å². The minimum atomic E-state index is -0.883. The van der Waals surface area contributed by atoms with Crippen LogP contribution in [0.25, 0.3) is 22.5 Å². The second kappa shape index (κ2) is 20.7. The molecular weight excluding hydrogens is 787 g/mol. The summed E-state index contributed by atoms with van der Waals surface area (Å²) in [4.78, 5) is 69.5. The van der Waals surface area contributed by atoms with E-state index < -0.39 is 23.3 Å². The summed E-state index contributed by atoms with van der Waals surface area (Å²) in [7, 11) is 0. The molecule has 62 heavy (non-hydrogen) atoms. The smallest absolute Gasteiger partial charge is 0.407 e. The van der Waals surface area contributed by atoms with Crippen LogP contribution >= 0.6 is 0 Å². The molecule has 0 saturated heterocycles. The molecule has 1 fully saturated rings. The van der Waals surface area contributed by atoms with E-state index >= 15 is 0 Å². The summed E-state index contributed by atoms with van der Waals surface area (Å²) in [5, 5.41) is 19.0. The van der Waals surface area contributed by atoms with E-state index in [-0.39, 0.29) is 54.4 Å². The van der Waals surface area contributed by atoms with Crippen LogP contribution in [0.3, 0.4) is 0 Å². The molecule has 14 heteroatoms. The topological polar surface area (TPSA) is 194 Å². The number of aromatic amines is 1. The molecule has 5 rings (SSSR count). The van der Waals surface area contributed by atoms with E-state index in [9.17, 15) is 24.0 Å². The van der Waals surface area contributed by atoms with Gasteiger partial charge in [-0.05, 0) is 153 Å². The summed E-state index contributed by atoms with van der Waals surface area (Å²) in [6.45, 7) is 17.2. The summed E-state index contributed by atoms with van der Waals surface area (Å²) in [6.07, 6.45) is 3.05. The number of H-pyrrole nitrogens is 1. The molecule has 1 aromatic heterocycles. The number of hydrogen-bond acceptors (Lipinski definition) is 9. The van der Waals surface area contributed by atoms with Gasteiger partial charge in [-0.1, -0.05) is 30.3 Å². The van der Waals surface area contributed by atoms with Crippen molar-refractivity contribution in [1.29, 1.82) is 0 Å². The molecule has 1 aliphatic carbocycles. The number of anilines is 1. The predicted molar refractivity (Wildman–Crippen MR) is 239 cm³/mol. The third-order valence-electron chi connectivity index (χ3n) is 10.3. The van der Waals surface area contributed by atoms with Gasteiger partial charge in [-0.25, -0.2) is 9.78 Å². The van der Waals surface area contributed by atoms with Gasteiger partial charge in [0.05, 0.1) is 6.42 Å². The molecule has 0 spiro atoms. The highest BCUT2D eigenvalue weighted by Gasteiger charge is 2.30. The third kappa shape index (κ3) is 14.6. The zero-order valence-electron chi connectivity index (χ0n) is 37.6. The second-order valence-electron chi connectivity index (χ2n) is 18.5. The van der Waals surface area contributed by atoms with Crippen LogP contribution in [-0.2, 0) is 36.7 Å². The van der Waals surface area contributed by atoms with Crippen LogP contribution in [0, 0.1) is 18.8 Å². The molecule has 4 aromatic rings. The molecule has 1 atom stereocenters. The molecule has 0 aliphatic heterocycles. The summed E-state index contributed by atoms with van der Waals surface area (Å²) in [5.41, 5.74) is 4.42. The number of amides is 4. The van der Waals surface area contributed by atoms with Gasteiger partial charge in [0, 0.05) is 48.2 Å². The number of nitrogens with zero attached hydrogens (tertiary/aromatic N) is 2. The van der Waals surface area contributed by atoms with Gasteiger partial charge in [0.25, 0.3) is 5.91 Å². The van der Waals surface area contributed by atoms with E-state index in [4.69, 9.17) is 9.47 Å².